The van der Waals surface area contributed by atoms with Gasteiger partial charge >= 0.3 is 0 Å². The zero-order chi connectivity index (χ0) is 11.7. The molecule has 2 heterocycles. The Labute approximate surface area is 100 Å². The Morgan fingerprint density at radius 3 is 2.25 bits per heavy atom. The van der Waals surface area contributed by atoms with Crippen molar-refractivity contribution >= 4 is 0 Å². The third-order valence-electron chi connectivity index (χ3n) is 4.28. The Kier molecular flexibility index (Phi) is 3.88. The van der Waals surface area contributed by atoms with Gasteiger partial charge in [0.05, 0.1) is 0 Å². The lowest BCUT2D eigenvalue weighted by Crippen LogP contribution is -2.59. The lowest BCUT2D eigenvalue weighted by Gasteiger charge is -2.45. The molecule has 16 heavy (non-hydrogen) atoms. The minimum absolute atomic E-state index is 0.652. The summed E-state index contributed by atoms with van der Waals surface area (Å²) in [5, 5.41) is 3.62. The van der Waals surface area contributed by atoms with Crippen molar-refractivity contribution in [2.24, 2.45) is 0 Å². The van der Waals surface area contributed by atoms with Crippen molar-refractivity contribution < 1.29 is 0 Å². The van der Waals surface area contributed by atoms with E-state index in [0.29, 0.717) is 12.1 Å². The Morgan fingerprint density at radius 1 is 1.06 bits per heavy atom. The minimum atomic E-state index is 0.652. The Hall–Kier alpha value is -0.120. The standard InChI is InChI=1S/C13H27N3/c1-10-8-16(9-11(2)14-10)13-5-6-15(4)12(3)7-13/h10-14H,5-9H2,1-4H3. The first-order valence-electron chi connectivity index (χ1n) is 6.76. The number of nitrogens with zero attached hydrogens (tertiary/aromatic N) is 2. The van der Waals surface area contributed by atoms with Crippen LogP contribution in [0, 0.1) is 0 Å². The number of hydrogen-bond donors (Lipinski definition) is 1. The molecule has 0 bridgehead atoms. The second-order valence-corrected chi connectivity index (χ2v) is 5.93. The van der Waals surface area contributed by atoms with Gasteiger partial charge in [0.1, 0.15) is 0 Å². The largest absolute Gasteiger partial charge is 0.309 e. The van der Waals surface area contributed by atoms with Gasteiger partial charge in [-0.05, 0) is 47.2 Å². The van der Waals surface area contributed by atoms with Gasteiger partial charge in [0.25, 0.3) is 0 Å². The Morgan fingerprint density at radius 2 is 1.69 bits per heavy atom. The molecule has 94 valence electrons. The topological polar surface area (TPSA) is 18.5 Å². The first-order valence-corrected chi connectivity index (χ1v) is 6.76. The van der Waals surface area contributed by atoms with Crippen LogP contribution in [0.2, 0.25) is 0 Å². The van der Waals surface area contributed by atoms with Crippen molar-refractivity contribution in [1.82, 2.24) is 15.1 Å². The molecule has 4 unspecified atom stereocenters. The predicted octanol–water partition coefficient (Wildman–Crippen LogP) is 1.15. The highest BCUT2D eigenvalue weighted by atomic mass is 15.3. The fourth-order valence-corrected chi connectivity index (χ4v) is 3.26. The number of rotatable bonds is 1. The van der Waals surface area contributed by atoms with Crippen molar-refractivity contribution in [3.8, 4) is 0 Å². The van der Waals surface area contributed by atoms with Gasteiger partial charge in [0, 0.05) is 37.3 Å². The molecule has 2 rings (SSSR count). The van der Waals surface area contributed by atoms with Gasteiger partial charge in [-0.2, -0.15) is 0 Å². The maximum atomic E-state index is 3.62. The maximum absolute atomic E-state index is 3.62. The van der Waals surface area contributed by atoms with Crippen molar-refractivity contribution in [3.05, 3.63) is 0 Å². The van der Waals surface area contributed by atoms with Crippen molar-refractivity contribution in [1.29, 1.82) is 0 Å². The Balaban J connectivity index is 1.92. The van der Waals surface area contributed by atoms with Crippen LogP contribution < -0.4 is 5.32 Å². The van der Waals surface area contributed by atoms with Crippen LogP contribution in [0.5, 0.6) is 0 Å². The zero-order valence-electron chi connectivity index (χ0n) is 11.2. The summed E-state index contributed by atoms with van der Waals surface area (Å²) in [6, 6.07) is 2.87. The average Bonchev–Trinajstić information content (AvgIpc) is 2.20. The molecule has 0 amide bonds. The van der Waals surface area contributed by atoms with Crippen LogP contribution >= 0.6 is 0 Å². The summed E-state index contributed by atoms with van der Waals surface area (Å²) >= 11 is 0. The fraction of sp³-hybridized carbons (Fsp3) is 1.00. The van der Waals surface area contributed by atoms with Crippen LogP contribution in [0.4, 0.5) is 0 Å². The molecule has 0 saturated carbocycles. The average molecular weight is 225 g/mol. The molecule has 0 aromatic rings. The lowest BCUT2D eigenvalue weighted by atomic mass is 9.95. The van der Waals surface area contributed by atoms with Gasteiger partial charge < -0.3 is 10.2 Å². The molecule has 3 nitrogen and oxygen atoms in total. The lowest BCUT2D eigenvalue weighted by molar-refractivity contribution is 0.0576. The first-order chi connectivity index (χ1) is 7.56. The summed E-state index contributed by atoms with van der Waals surface area (Å²) in [7, 11) is 2.25. The SMILES string of the molecule is CC1CN(C2CCN(C)C(C)C2)CC(C)N1. The molecule has 2 saturated heterocycles. The van der Waals surface area contributed by atoms with Crippen LogP contribution in [-0.2, 0) is 0 Å². The highest BCUT2D eigenvalue weighted by Gasteiger charge is 2.31. The molecular weight excluding hydrogens is 198 g/mol. The number of likely N-dealkylation sites (tertiary alicyclic amines) is 1. The molecule has 0 aliphatic carbocycles. The van der Waals surface area contributed by atoms with Gasteiger partial charge in [-0.1, -0.05) is 0 Å². The number of hydrogen-bond acceptors (Lipinski definition) is 3. The summed E-state index contributed by atoms with van der Waals surface area (Å²) < 4.78 is 0. The van der Waals surface area contributed by atoms with Crippen molar-refractivity contribution in [2.75, 3.05) is 26.7 Å². The normalized spacial score (nSPS) is 43.5. The molecule has 2 fully saturated rings. The summed E-state index contributed by atoms with van der Waals surface area (Å²) in [4.78, 5) is 5.21. The second-order valence-electron chi connectivity index (χ2n) is 5.93. The molecule has 0 aromatic carbocycles. The van der Waals surface area contributed by atoms with E-state index in [9.17, 15) is 0 Å². The summed E-state index contributed by atoms with van der Waals surface area (Å²) in [6.45, 7) is 10.7. The van der Waals surface area contributed by atoms with Crippen LogP contribution in [0.1, 0.15) is 33.6 Å². The number of piperidine rings is 1. The van der Waals surface area contributed by atoms with Gasteiger partial charge in [-0.3, -0.25) is 4.90 Å². The van der Waals surface area contributed by atoms with E-state index in [-0.39, 0.29) is 0 Å². The van der Waals surface area contributed by atoms with E-state index in [1.807, 2.05) is 0 Å². The van der Waals surface area contributed by atoms with Gasteiger partial charge in [0.15, 0.2) is 0 Å². The molecule has 2 aliphatic heterocycles. The van der Waals surface area contributed by atoms with E-state index in [2.05, 4.69) is 42.9 Å². The van der Waals surface area contributed by atoms with E-state index in [0.717, 1.165) is 12.1 Å². The third kappa shape index (κ3) is 2.76. The van der Waals surface area contributed by atoms with Gasteiger partial charge in [-0.15, -0.1) is 0 Å². The van der Waals surface area contributed by atoms with Crippen LogP contribution in [-0.4, -0.2) is 60.6 Å². The smallest absolute Gasteiger partial charge is 0.0169 e. The molecule has 2 aliphatic rings. The highest BCUT2D eigenvalue weighted by Crippen LogP contribution is 2.22. The number of nitrogens with one attached hydrogen (secondary N) is 1. The third-order valence-corrected chi connectivity index (χ3v) is 4.28. The van der Waals surface area contributed by atoms with Gasteiger partial charge in [-0.25, -0.2) is 0 Å². The van der Waals surface area contributed by atoms with Crippen LogP contribution in [0.25, 0.3) is 0 Å². The van der Waals surface area contributed by atoms with E-state index >= 15 is 0 Å². The van der Waals surface area contributed by atoms with E-state index in [1.165, 1.54) is 32.5 Å². The van der Waals surface area contributed by atoms with Gasteiger partial charge in [0.2, 0.25) is 0 Å². The Bertz CT molecular complexity index is 221. The van der Waals surface area contributed by atoms with Crippen LogP contribution in [0.3, 0.4) is 0 Å². The molecule has 3 heteroatoms. The molecule has 0 radical (unpaired) electrons. The molecule has 4 atom stereocenters. The van der Waals surface area contributed by atoms with E-state index in [4.69, 9.17) is 0 Å². The predicted molar refractivity (Wildman–Crippen MR) is 68.7 cm³/mol. The summed E-state index contributed by atoms with van der Waals surface area (Å²) in [6.07, 6.45) is 2.69. The van der Waals surface area contributed by atoms with Crippen molar-refractivity contribution in [3.63, 3.8) is 0 Å². The van der Waals surface area contributed by atoms with E-state index in [1.54, 1.807) is 0 Å². The number of piperazine rings is 1. The zero-order valence-corrected chi connectivity index (χ0v) is 11.2. The quantitative estimate of drug-likeness (QED) is 0.722. The molecule has 0 aromatic heterocycles. The fourth-order valence-electron chi connectivity index (χ4n) is 3.26. The first kappa shape index (κ1) is 12.3. The second kappa shape index (κ2) is 5.03. The molecular formula is C13H27N3. The molecule has 1 N–H and O–H groups in total. The summed E-state index contributed by atoms with van der Waals surface area (Å²) in [5.74, 6) is 0. The van der Waals surface area contributed by atoms with Crippen molar-refractivity contribution in [2.45, 2.75) is 57.8 Å². The maximum Gasteiger partial charge on any atom is 0.0169 e. The van der Waals surface area contributed by atoms with E-state index < -0.39 is 0 Å². The monoisotopic (exact) mass is 225 g/mol. The van der Waals surface area contributed by atoms with Crippen LogP contribution in [0.15, 0.2) is 0 Å². The minimum Gasteiger partial charge on any atom is -0.309 e. The highest BCUT2D eigenvalue weighted by molar-refractivity contribution is 4.89. The summed E-state index contributed by atoms with van der Waals surface area (Å²) in [5.41, 5.74) is 0. The molecule has 0 spiro atoms.